The molecule has 0 spiro atoms. The molecule has 2 rings (SSSR count). The second-order valence-electron chi connectivity index (χ2n) is 3.53. The Hall–Kier alpha value is -2.29. The Morgan fingerprint density at radius 1 is 1.56 bits per heavy atom. The number of aromatic carboxylic acids is 1. The smallest absolute Gasteiger partial charge is 0.352 e. The second-order valence-corrected chi connectivity index (χ2v) is 5.22. The zero-order valence-electron chi connectivity index (χ0n) is 9.28. The molecule has 0 aliphatic heterocycles. The van der Waals surface area contributed by atoms with Gasteiger partial charge in [-0.15, -0.1) is 0 Å². The standard InChI is InChI=1S/C9H10N4O4S/c1-13-3-2-8(11-13)12-18(16,17)6-4-7(9(14)15)10-5-6/h2-5,10H,1H3,(H,11,12)(H,14,15). The van der Waals surface area contributed by atoms with Gasteiger partial charge < -0.3 is 10.1 Å². The monoisotopic (exact) mass is 270 g/mol. The summed E-state index contributed by atoms with van der Waals surface area (Å²) in [6.45, 7) is 0. The fraction of sp³-hybridized carbons (Fsp3) is 0.111. The Labute approximate surface area is 102 Å². The highest BCUT2D eigenvalue weighted by atomic mass is 32.2. The number of carbonyl (C=O) groups is 1. The molecular weight excluding hydrogens is 260 g/mol. The second kappa shape index (κ2) is 4.18. The first-order valence-electron chi connectivity index (χ1n) is 4.83. The maximum atomic E-state index is 11.9. The number of aromatic nitrogens is 3. The van der Waals surface area contributed by atoms with E-state index >= 15 is 0 Å². The third-order valence-electron chi connectivity index (χ3n) is 2.15. The van der Waals surface area contributed by atoms with E-state index < -0.39 is 16.0 Å². The number of H-pyrrole nitrogens is 1. The first-order chi connectivity index (χ1) is 8.38. The summed E-state index contributed by atoms with van der Waals surface area (Å²) in [5.74, 6) is -1.06. The molecule has 0 amide bonds. The van der Waals surface area contributed by atoms with Gasteiger partial charge in [0.25, 0.3) is 10.0 Å². The van der Waals surface area contributed by atoms with Crippen LogP contribution in [0.25, 0.3) is 0 Å². The minimum Gasteiger partial charge on any atom is -0.477 e. The number of aryl methyl sites for hydroxylation is 1. The molecule has 0 aliphatic rings. The molecule has 0 bridgehead atoms. The van der Waals surface area contributed by atoms with Crippen molar-refractivity contribution in [3.05, 3.63) is 30.2 Å². The Bertz CT molecular complexity index is 685. The van der Waals surface area contributed by atoms with Gasteiger partial charge in [-0.2, -0.15) is 5.10 Å². The van der Waals surface area contributed by atoms with Crippen LogP contribution in [0.3, 0.4) is 0 Å². The van der Waals surface area contributed by atoms with Crippen molar-refractivity contribution >= 4 is 21.8 Å². The van der Waals surface area contributed by atoms with Crippen LogP contribution in [0.2, 0.25) is 0 Å². The normalized spacial score (nSPS) is 11.4. The molecule has 2 aromatic heterocycles. The van der Waals surface area contributed by atoms with Crippen molar-refractivity contribution in [1.82, 2.24) is 14.8 Å². The van der Waals surface area contributed by atoms with Crippen LogP contribution in [0.1, 0.15) is 10.5 Å². The SMILES string of the molecule is Cn1ccc(NS(=O)(=O)c2c[nH]c(C(=O)O)c2)n1. The lowest BCUT2D eigenvalue weighted by atomic mass is 10.4. The molecule has 0 atom stereocenters. The number of nitrogens with one attached hydrogen (secondary N) is 2. The summed E-state index contributed by atoms with van der Waals surface area (Å²) in [5, 5.41) is 12.6. The molecule has 96 valence electrons. The summed E-state index contributed by atoms with van der Waals surface area (Å²) in [6.07, 6.45) is 2.69. The van der Waals surface area contributed by atoms with Crippen LogP contribution in [0, 0.1) is 0 Å². The molecule has 2 aromatic rings. The highest BCUT2D eigenvalue weighted by Gasteiger charge is 2.19. The number of anilines is 1. The first-order valence-corrected chi connectivity index (χ1v) is 6.31. The summed E-state index contributed by atoms with van der Waals surface area (Å²) in [6, 6.07) is 2.52. The van der Waals surface area contributed by atoms with E-state index in [0.29, 0.717) is 0 Å². The molecular formula is C9H10N4O4S. The maximum Gasteiger partial charge on any atom is 0.352 e. The summed E-state index contributed by atoms with van der Waals surface area (Å²) in [7, 11) is -2.18. The lowest BCUT2D eigenvalue weighted by Crippen LogP contribution is -2.12. The fourth-order valence-corrected chi connectivity index (χ4v) is 2.31. The van der Waals surface area contributed by atoms with Gasteiger partial charge in [-0.1, -0.05) is 0 Å². The predicted molar refractivity (Wildman–Crippen MR) is 61.8 cm³/mol. The number of nitrogens with zero attached hydrogens (tertiary/aromatic N) is 2. The molecule has 0 fully saturated rings. The molecule has 0 unspecified atom stereocenters. The average molecular weight is 270 g/mol. The van der Waals surface area contributed by atoms with Gasteiger partial charge >= 0.3 is 5.97 Å². The van der Waals surface area contributed by atoms with E-state index in [0.717, 1.165) is 12.3 Å². The number of hydrogen-bond acceptors (Lipinski definition) is 4. The molecule has 0 saturated carbocycles. The highest BCUT2D eigenvalue weighted by Crippen LogP contribution is 2.15. The van der Waals surface area contributed by atoms with Crippen LogP contribution >= 0.6 is 0 Å². The highest BCUT2D eigenvalue weighted by molar-refractivity contribution is 7.92. The van der Waals surface area contributed by atoms with Gasteiger partial charge in [0.05, 0.1) is 0 Å². The molecule has 3 N–H and O–H groups in total. The van der Waals surface area contributed by atoms with Gasteiger partial charge in [-0.05, 0) is 6.07 Å². The van der Waals surface area contributed by atoms with Gasteiger partial charge in [0.2, 0.25) is 0 Å². The van der Waals surface area contributed by atoms with E-state index in [1.807, 2.05) is 0 Å². The van der Waals surface area contributed by atoms with Crippen LogP contribution in [-0.2, 0) is 17.1 Å². The molecule has 9 heteroatoms. The number of hydrogen-bond donors (Lipinski definition) is 3. The lowest BCUT2D eigenvalue weighted by Gasteiger charge is -2.01. The lowest BCUT2D eigenvalue weighted by molar-refractivity contribution is 0.0691. The van der Waals surface area contributed by atoms with Crippen LogP contribution in [0.15, 0.2) is 29.4 Å². The van der Waals surface area contributed by atoms with Crippen LogP contribution in [0.4, 0.5) is 5.82 Å². The van der Waals surface area contributed by atoms with Crippen molar-refractivity contribution in [3.8, 4) is 0 Å². The van der Waals surface area contributed by atoms with E-state index in [1.165, 1.54) is 10.7 Å². The zero-order chi connectivity index (χ0) is 13.3. The largest absolute Gasteiger partial charge is 0.477 e. The van der Waals surface area contributed by atoms with Gasteiger partial charge in [0.1, 0.15) is 10.6 Å². The van der Waals surface area contributed by atoms with Crippen LogP contribution in [0.5, 0.6) is 0 Å². The van der Waals surface area contributed by atoms with Gasteiger partial charge in [-0.25, -0.2) is 13.2 Å². The number of carboxylic acid groups (broad SMARTS) is 1. The number of rotatable bonds is 4. The Morgan fingerprint density at radius 3 is 2.78 bits per heavy atom. The van der Waals surface area contributed by atoms with Crippen molar-refractivity contribution in [3.63, 3.8) is 0 Å². The van der Waals surface area contributed by atoms with Gasteiger partial charge in [-0.3, -0.25) is 9.40 Å². The van der Waals surface area contributed by atoms with E-state index in [1.54, 1.807) is 13.2 Å². The van der Waals surface area contributed by atoms with Crippen molar-refractivity contribution < 1.29 is 18.3 Å². The Kier molecular flexibility index (Phi) is 2.83. The summed E-state index contributed by atoms with van der Waals surface area (Å²) >= 11 is 0. The molecule has 8 nitrogen and oxygen atoms in total. The fourth-order valence-electron chi connectivity index (χ4n) is 1.32. The zero-order valence-corrected chi connectivity index (χ0v) is 10.1. The van der Waals surface area contributed by atoms with Crippen molar-refractivity contribution in [2.45, 2.75) is 4.90 Å². The molecule has 2 heterocycles. The number of aromatic amines is 1. The third kappa shape index (κ3) is 2.35. The van der Waals surface area contributed by atoms with E-state index in [-0.39, 0.29) is 16.4 Å². The van der Waals surface area contributed by atoms with Crippen LogP contribution < -0.4 is 4.72 Å². The third-order valence-corrected chi connectivity index (χ3v) is 3.48. The topological polar surface area (TPSA) is 117 Å². The van der Waals surface area contributed by atoms with Crippen LogP contribution in [-0.4, -0.2) is 34.3 Å². The summed E-state index contributed by atoms with van der Waals surface area (Å²) in [4.78, 5) is 12.8. The molecule has 18 heavy (non-hydrogen) atoms. The molecule has 0 aliphatic carbocycles. The maximum absolute atomic E-state index is 11.9. The van der Waals surface area contributed by atoms with E-state index in [2.05, 4.69) is 14.8 Å². The summed E-state index contributed by atoms with van der Waals surface area (Å²) < 4.78 is 27.4. The minimum absolute atomic E-state index is 0.162. The van der Waals surface area contributed by atoms with Gasteiger partial charge in [0.15, 0.2) is 5.82 Å². The quantitative estimate of drug-likeness (QED) is 0.736. The first kappa shape index (κ1) is 12.2. The van der Waals surface area contributed by atoms with Crippen molar-refractivity contribution in [2.24, 2.45) is 7.05 Å². The average Bonchev–Trinajstić information content (AvgIpc) is 2.86. The van der Waals surface area contributed by atoms with Crippen molar-refractivity contribution in [2.75, 3.05) is 4.72 Å². The van der Waals surface area contributed by atoms with Crippen molar-refractivity contribution in [1.29, 1.82) is 0 Å². The predicted octanol–water partition coefficient (Wildman–Crippen LogP) is 0.247. The van der Waals surface area contributed by atoms with E-state index in [9.17, 15) is 13.2 Å². The Balaban J connectivity index is 2.27. The molecule has 0 saturated heterocycles. The Morgan fingerprint density at radius 2 is 2.28 bits per heavy atom. The molecule has 0 aromatic carbocycles. The summed E-state index contributed by atoms with van der Waals surface area (Å²) in [5.41, 5.74) is -0.198. The number of sulfonamides is 1. The molecule has 0 radical (unpaired) electrons. The van der Waals surface area contributed by atoms with Gasteiger partial charge in [0, 0.05) is 25.5 Å². The number of carboxylic acids is 1. The van der Waals surface area contributed by atoms with E-state index in [4.69, 9.17) is 5.11 Å². The minimum atomic E-state index is -3.83.